The van der Waals surface area contributed by atoms with Crippen LogP contribution in [0.25, 0.3) is 0 Å². The number of aryl methyl sites for hydroxylation is 2. The van der Waals surface area contributed by atoms with E-state index in [-0.39, 0.29) is 23.9 Å². The number of nitrogens with two attached hydrogens (primary N) is 1. The van der Waals surface area contributed by atoms with Crippen LogP contribution < -0.4 is 15.8 Å². The van der Waals surface area contributed by atoms with Crippen molar-refractivity contribution in [3.63, 3.8) is 0 Å². The number of hydrogen-bond donors (Lipinski definition) is 2. The van der Waals surface area contributed by atoms with E-state index in [4.69, 9.17) is 15.0 Å². The van der Waals surface area contributed by atoms with Gasteiger partial charge in [0.05, 0.1) is 23.2 Å². The molecule has 0 atom stereocenters. The van der Waals surface area contributed by atoms with E-state index in [9.17, 15) is 4.79 Å². The number of nitrogens with one attached hydrogen (secondary N) is 1. The lowest BCUT2D eigenvalue weighted by Gasteiger charge is -2.28. The highest BCUT2D eigenvalue weighted by atomic mass is 35.5. The zero-order chi connectivity index (χ0) is 18.6. The molecule has 1 aliphatic carbocycles. The SMILES string of the molecule is Cc1noc(C)c1COc1ccc(CC(=O)NC2(CN)CCCC2)cc1.Cl. The van der Waals surface area contributed by atoms with Crippen LogP contribution in [0.4, 0.5) is 0 Å². The number of benzene rings is 1. The van der Waals surface area contributed by atoms with Crippen molar-refractivity contribution in [1.82, 2.24) is 10.5 Å². The Morgan fingerprint density at radius 1 is 1.26 bits per heavy atom. The quantitative estimate of drug-likeness (QED) is 0.753. The van der Waals surface area contributed by atoms with Gasteiger partial charge in [-0.05, 0) is 44.4 Å². The van der Waals surface area contributed by atoms with Gasteiger partial charge in [0.2, 0.25) is 5.91 Å². The number of halogens is 1. The second kappa shape index (κ2) is 9.24. The van der Waals surface area contributed by atoms with Crippen LogP contribution in [0.15, 0.2) is 28.8 Å². The van der Waals surface area contributed by atoms with Gasteiger partial charge in [0, 0.05) is 6.54 Å². The Morgan fingerprint density at radius 2 is 1.93 bits per heavy atom. The predicted octanol–water partition coefficient (Wildman–Crippen LogP) is 3.22. The van der Waals surface area contributed by atoms with Gasteiger partial charge in [0.25, 0.3) is 0 Å². The zero-order valence-electron chi connectivity index (χ0n) is 15.9. The van der Waals surface area contributed by atoms with E-state index in [1.165, 1.54) is 0 Å². The number of carbonyl (C=O) groups excluding carboxylic acids is 1. The summed E-state index contributed by atoms with van der Waals surface area (Å²) in [6, 6.07) is 7.61. The first-order valence-electron chi connectivity index (χ1n) is 9.16. The second-order valence-corrected chi connectivity index (χ2v) is 7.15. The number of ether oxygens (including phenoxy) is 1. The molecule has 1 aromatic heterocycles. The monoisotopic (exact) mass is 393 g/mol. The minimum absolute atomic E-state index is 0. The Labute approximate surface area is 166 Å². The van der Waals surface area contributed by atoms with E-state index < -0.39 is 0 Å². The summed E-state index contributed by atoms with van der Waals surface area (Å²) in [7, 11) is 0. The van der Waals surface area contributed by atoms with Gasteiger partial charge in [-0.2, -0.15) is 0 Å². The lowest BCUT2D eigenvalue weighted by atomic mass is 9.97. The van der Waals surface area contributed by atoms with Crippen LogP contribution in [0.2, 0.25) is 0 Å². The minimum Gasteiger partial charge on any atom is -0.489 e. The average molecular weight is 394 g/mol. The second-order valence-electron chi connectivity index (χ2n) is 7.15. The predicted molar refractivity (Wildman–Crippen MR) is 106 cm³/mol. The van der Waals surface area contributed by atoms with Gasteiger partial charge in [0.1, 0.15) is 18.1 Å². The Kier molecular flexibility index (Phi) is 7.27. The summed E-state index contributed by atoms with van der Waals surface area (Å²) in [5.74, 6) is 1.56. The number of rotatable bonds is 7. The lowest BCUT2D eigenvalue weighted by Crippen LogP contribution is -2.52. The van der Waals surface area contributed by atoms with Crippen molar-refractivity contribution in [3.8, 4) is 5.75 Å². The Bertz CT molecular complexity index is 733. The van der Waals surface area contributed by atoms with Gasteiger partial charge in [-0.1, -0.05) is 30.1 Å². The van der Waals surface area contributed by atoms with Crippen molar-refractivity contribution in [1.29, 1.82) is 0 Å². The molecule has 2 aromatic rings. The van der Waals surface area contributed by atoms with Crippen LogP contribution in [-0.4, -0.2) is 23.1 Å². The first-order chi connectivity index (χ1) is 12.5. The van der Waals surface area contributed by atoms with E-state index in [1.807, 2.05) is 38.1 Å². The topological polar surface area (TPSA) is 90.4 Å². The molecule has 1 fully saturated rings. The summed E-state index contributed by atoms with van der Waals surface area (Å²) in [5, 5.41) is 7.07. The van der Waals surface area contributed by atoms with Crippen LogP contribution in [-0.2, 0) is 17.8 Å². The van der Waals surface area contributed by atoms with Gasteiger partial charge in [-0.3, -0.25) is 4.79 Å². The molecule has 0 unspecified atom stereocenters. The molecule has 3 N–H and O–H groups in total. The van der Waals surface area contributed by atoms with Crippen molar-refractivity contribution in [2.24, 2.45) is 5.73 Å². The van der Waals surface area contributed by atoms with Crippen LogP contribution in [0, 0.1) is 13.8 Å². The maximum Gasteiger partial charge on any atom is 0.224 e. The van der Waals surface area contributed by atoms with Crippen LogP contribution in [0.1, 0.15) is 48.3 Å². The van der Waals surface area contributed by atoms with E-state index in [0.29, 0.717) is 19.6 Å². The molecule has 3 rings (SSSR count). The third kappa shape index (κ3) is 5.23. The molecule has 0 radical (unpaired) electrons. The third-order valence-electron chi connectivity index (χ3n) is 5.21. The summed E-state index contributed by atoms with van der Waals surface area (Å²) < 4.78 is 10.9. The Morgan fingerprint density at radius 3 is 2.48 bits per heavy atom. The highest BCUT2D eigenvalue weighted by Gasteiger charge is 2.33. The molecular formula is C20H28ClN3O3. The summed E-state index contributed by atoms with van der Waals surface area (Å²) in [6.07, 6.45) is 4.57. The highest BCUT2D eigenvalue weighted by Crippen LogP contribution is 2.28. The summed E-state index contributed by atoms with van der Waals surface area (Å²) in [6.45, 7) is 4.70. The van der Waals surface area contributed by atoms with E-state index >= 15 is 0 Å². The summed E-state index contributed by atoms with van der Waals surface area (Å²) >= 11 is 0. The van der Waals surface area contributed by atoms with Crippen molar-refractivity contribution < 1.29 is 14.1 Å². The molecule has 1 saturated carbocycles. The molecule has 0 aliphatic heterocycles. The lowest BCUT2D eigenvalue weighted by molar-refractivity contribution is -0.122. The van der Waals surface area contributed by atoms with Crippen LogP contribution in [0.3, 0.4) is 0 Å². The molecule has 6 nitrogen and oxygen atoms in total. The van der Waals surface area contributed by atoms with E-state index in [0.717, 1.165) is 54.0 Å². The molecule has 1 aromatic carbocycles. The van der Waals surface area contributed by atoms with E-state index in [1.54, 1.807) is 0 Å². The highest BCUT2D eigenvalue weighted by molar-refractivity contribution is 5.85. The summed E-state index contributed by atoms with van der Waals surface area (Å²) in [4.78, 5) is 12.4. The third-order valence-corrected chi connectivity index (χ3v) is 5.21. The Hall–Kier alpha value is -2.05. The summed E-state index contributed by atoms with van der Waals surface area (Å²) in [5.41, 5.74) is 8.45. The van der Waals surface area contributed by atoms with Crippen molar-refractivity contribution in [3.05, 3.63) is 46.8 Å². The van der Waals surface area contributed by atoms with Crippen molar-refractivity contribution >= 4 is 18.3 Å². The average Bonchev–Trinajstić information content (AvgIpc) is 3.22. The molecule has 1 aliphatic rings. The smallest absolute Gasteiger partial charge is 0.224 e. The standard InChI is InChI=1S/C20H27N3O3.ClH/c1-14-18(15(2)26-23-14)12-25-17-7-5-16(6-8-17)11-19(24)22-20(13-21)9-3-4-10-20;/h5-8H,3-4,9-13,21H2,1-2H3,(H,22,24);1H. The fourth-order valence-corrected chi connectivity index (χ4v) is 3.52. The van der Waals surface area contributed by atoms with Crippen molar-refractivity contribution in [2.45, 2.75) is 58.1 Å². The molecule has 0 saturated heterocycles. The van der Waals surface area contributed by atoms with Gasteiger partial charge >= 0.3 is 0 Å². The maximum atomic E-state index is 12.4. The fourth-order valence-electron chi connectivity index (χ4n) is 3.52. The van der Waals surface area contributed by atoms with Gasteiger partial charge in [-0.15, -0.1) is 12.4 Å². The van der Waals surface area contributed by atoms with Gasteiger partial charge in [-0.25, -0.2) is 0 Å². The van der Waals surface area contributed by atoms with Gasteiger partial charge in [0.15, 0.2) is 0 Å². The number of amides is 1. The number of hydrogen-bond acceptors (Lipinski definition) is 5. The molecular weight excluding hydrogens is 366 g/mol. The number of carbonyl (C=O) groups is 1. The normalized spacial score (nSPS) is 15.2. The maximum absolute atomic E-state index is 12.4. The molecule has 148 valence electrons. The minimum atomic E-state index is -0.200. The molecule has 0 spiro atoms. The Balaban J connectivity index is 0.00000261. The fraction of sp³-hybridized carbons (Fsp3) is 0.500. The first-order valence-corrected chi connectivity index (χ1v) is 9.16. The largest absolute Gasteiger partial charge is 0.489 e. The van der Waals surface area contributed by atoms with E-state index in [2.05, 4.69) is 10.5 Å². The van der Waals surface area contributed by atoms with Crippen LogP contribution in [0.5, 0.6) is 5.75 Å². The molecule has 1 heterocycles. The molecule has 27 heavy (non-hydrogen) atoms. The zero-order valence-corrected chi connectivity index (χ0v) is 16.7. The molecule has 7 heteroatoms. The number of nitrogens with zero attached hydrogens (tertiary/aromatic N) is 1. The molecule has 0 bridgehead atoms. The number of aromatic nitrogens is 1. The first kappa shape index (κ1) is 21.3. The van der Waals surface area contributed by atoms with Crippen LogP contribution >= 0.6 is 12.4 Å². The van der Waals surface area contributed by atoms with Gasteiger partial charge < -0.3 is 20.3 Å². The van der Waals surface area contributed by atoms with Crippen molar-refractivity contribution in [2.75, 3.05) is 6.54 Å². The molecule has 1 amide bonds.